The van der Waals surface area contributed by atoms with Crippen molar-refractivity contribution in [3.05, 3.63) is 35.4 Å². The molecule has 0 aromatic heterocycles. The highest BCUT2D eigenvalue weighted by Crippen LogP contribution is 2.32. The molecule has 1 aliphatic heterocycles. The molecule has 1 aliphatic rings. The lowest BCUT2D eigenvalue weighted by atomic mass is 9.90. The lowest BCUT2D eigenvalue weighted by Crippen LogP contribution is -2.33. The number of carbonyl (C=O) groups is 1. The largest absolute Gasteiger partial charge is 0.416 e. The minimum Gasteiger partial charge on any atom is -0.355 e. The van der Waals surface area contributed by atoms with Crippen LogP contribution in [0.5, 0.6) is 0 Å². The summed E-state index contributed by atoms with van der Waals surface area (Å²) < 4.78 is 37.6. The van der Waals surface area contributed by atoms with Gasteiger partial charge in [-0.05, 0) is 18.1 Å². The van der Waals surface area contributed by atoms with Gasteiger partial charge in [-0.1, -0.05) is 18.2 Å². The van der Waals surface area contributed by atoms with Gasteiger partial charge in [0.2, 0.25) is 5.91 Å². The van der Waals surface area contributed by atoms with Crippen LogP contribution in [0.1, 0.15) is 29.9 Å². The Hall–Kier alpha value is -1.52. The van der Waals surface area contributed by atoms with Gasteiger partial charge < -0.3 is 5.32 Å². The fraction of sp³-hybridized carbons (Fsp3) is 0.417. The predicted octanol–water partition coefficient (Wildman–Crippen LogP) is 2.70. The van der Waals surface area contributed by atoms with Crippen LogP contribution in [0, 0.1) is 0 Å². The number of halogens is 3. The van der Waals surface area contributed by atoms with Crippen LogP contribution in [0.15, 0.2) is 24.3 Å². The lowest BCUT2D eigenvalue weighted by Gasteiger charge is -2.23. The second-order valence-corrected chi connectivity index (χ2v) is 4.16. The number of hydrogen-bond donors (Lipinski definition) is 1. The van der Waals surface area contributed by atoms with E-state index in [9.17, 15) is 18.0 Å². The molecule has 0 bridgehead atoms. The van der Waals surface area contributed by atoms with E-state index in [0.29, 0.717) is 24.9 Å². The number of piperidine rings is 1. The van der Waals surface area contributed by atoms with Gasteiger partial charge in [0.05, 0.1) is 5.56 Å². The molecular weight excluding hydrogens is 231 g/mol. The van der Waals surface area contributed by atoms with Crippen molar-refractivity contribution < 1.29 is 18.0 Å². The Morgan fingerprint density at radius 1 is 1.29 bits per heavy atom. The van der Waals surface area contributed by atoms with Crippen LogP contribution in [0.4, 0.5) is 13.2 Å². The van der Waals surface area contributed by atoms with Crippen molar-refractivity contribution >= 4 is 5.91 Å². The van der Waals surface area contributed by atoms with Crippen LogP contribution in [0.2, 0.25) is 0 Å². The van der Waals surface area contributed by atoms with Crippen molar-refractivity contribution in [3.63, 3.8) is 0 Å². The Morgan fingerprint density at radius 3 is 2.65 bits per heavy atom. The van der Waals surface area contributed by atoms with E-state index in [1.807, 2.05) is 0 Å². The molecule has 2 nitrogen and oxygen atoms in total. The molecule has 1 fully saturated rings. The maximum absolute atomic E-state index is 12.5. The standard InChI is InChI=1S/C12H12F3NO/c13-12(14,15)10-3-1-2-8(6-10)9-4-5-11(17)16-7-9/h1-3,6,9H,4-5,7H2,(H,16,17). The first-order valence-electron chi connectivity index (χ1n) is 5.40. The van der Waals surface area contributed by atoms with Crippen LogP contribution < -0.4 is 5.32 Å². The van der Waals surface area contributed by atoms with Crippen LogP contribution >= 0.6 is 0 Å². The average molecular weight is 243 g/mol. The summed E-state index contributed by atoms with van der Waals surface area (Å²) in [4.78, 5) is 11.0. The van der Waals surface area contributed by atoms with Gasteiger partial charge in [-0.2, -0.15) is 13.2 Å². The number of amides is 1. The fourth-order valence-electron chi connectivity index (χ4n) is 1.99. The zero-order chi connectivity index (χ0) is 12.5. The molecule has 0 saturated carbocycles. The highest BCUT2D eigenvalue weighted by molar-refractivity contribution is 5.76. The SMILES string of the molecule is O=C1CCC(c2cccc(C(F)(F)F)c2)CN1. The maximum atomic E-state index is 12.5. The molecule has 1 N–H and O–H groups in total. The lowest BCUT2D eigenvalue weighted by molar-refractivity contribution is -0.137. The van der Waals surface area contributed by atoms with Crippen molar-refractivity contribution in [2.45, 2.75) is 24.9 Å². The molecule has 1 atom stereocenters. The third-order valence-electron chi connectivity index (χ3n) is 2.95. The summed E-state index contributed by atoms with van der Waals surface area (Å²) in [6, 6.07) is 5.32. The topological polar surface area (TPSA) is 29.1 Å². The Balaban J connectivity index is 2.19. The van der Waals surface area contributed by atoms with E-state index in [1.54, 1.807) is 6.07 Å². The normalized spacial score (nSPS) is 21.1. The average Bonchev–Trinajstić information content (AvgIpc) is 2.29. The molecule has 5 heteroatoms. The molecule has 1 aromatic carbocycles. The van der Waals surface area contributed by atoms with Crippen molar-refractivity contribution in [1.82, 2.24) is 5.32 Å². The second-order valence-electron chi connectivity index (χ2n) is 4.16. The molecule has 1 aromatic rings. The molecular formula is C12H12F3NO. The first-order valence-corrected chi connectivity index (χ1v) is 5.40. The number of rotatable bonds is 1. The van der Waals surface area contributed by atoms with Gasteiger partial charge in [0.15, 0.2) is 0 Å². The molecule has 1 unspecified atom stereocenters. The van der Waals surface area contributed by atoms with E-state index in [0.717, 1.165) is 6.07 Å². The zero-order valence-electron chi connectivity index (χ0n) is 9.05. The maximum Gasteiger partial charge on any atom is 0.416 e. The fourth-order valence-corrected chi connectivity index (χ4v) is 1.99. The number of hydrogen-bond acceptors (Lipinski definition) is 1. The molecule has 17 heavy (non-hydrogen) atoms. The first-order chi connectivity index (χ1) is 7.97. The Kier molecular flexibility index (Phi) is 3.09. The molecule has 92 valence electrons. The second kappa shape index (κ2) is 4.39. The highest BCUT2D eigenvalue weighted by Gasteiger charge is 2.31. The van der Waals surface area contributed by atoms with Gasteiger partial charge in [-0.25, -0.2) is 0 Å². The molecule has 1 heterocycles. The number of carbonyl (C=O) groups excluding carboxylic acids is 1. The van der Waals surface area contributed by atoms with Gasteiger partial charge in [-0.15, -0.1) is 0 Å². The summed E-state index contributed by atoms with van der Waals surface area (Å²) in [6.45, 7) is 0.417. The van der Waals surface area contributed by atoms with Gasteiger partial charge in [0, 0.05) is 18.9 Å². The van der Waals surface area contributed by atoms with Crippen molar-refractivity contribution in [1.29, 1.82) is 0 Å². The Labute approximate surface area is 96.8 Å². The van der Waals surface area contributed by atoms with E-state index in [-0.39, 0.29) is 11.8 Å². The monoisotopic (exact) mass is 243 g/mol. The van der Waals surface area contributed by atoms with Gasteiger partial charge in [0.1, 0.15) is 0 Å². The molecule has 2 rings (SSSR count). The third-order valence-corrected chi connectivity index (χ3v) is 2.95. The highest BCUT2D eigenvalue weighted by atomic mass is 19.4. The number of alkyl halides is 3. The van der Waals surface area contributed by atoms with Crippen LogP contribution in [-0.4, -0.2) is 12.5 Å². The van der Waals surface area contributed by atoms with Crippen LogP contribution in [0.3, 0.4) is 0 Å². The van der Waals surface area contributed by atoms with E-state index in [1.165, 1.54) is 12.1 Å². The summed E-state index contributed by atoms with van der Waals surface area (Å²) in [6.07, 6.45) is -3.33. The predicted molar refractivity (Wildman–Crippen MR) is 56.4 cm³/mol. The van der Waals surface area contributed by atoms with E-state index in [4.69, 9.17) is 0 Å². The summed E-state index contributed by atoms with van der Waals surface area (Å²) in [7, 11) is 0. The van der Waals surface area contributed by atoms with E-state index < -0.39 is 11.7 Å². The number of benzene rings is 1. The summed E-state index contributed by atoms with van der Waals surface area (Å²) >= 11 is 0. The summed E-state index contributed by atoms with van der Waals surface area (Å²) in [5, 5.41) is 2.67. The summed E-state index contributed by atoms with van der Waals surface area (Å²) in [5.74, 6) is -0.0526. The third kappa shape index (κ3) is 2.78. The molecule has 0 radical (unpaired) electrons. The smallest absolute Gasteiger partial charge is 0.355 e. The molecule has 1 amide bonds. The van der Waals surface area contributed by atoms with Crippen molar-refractivity contribution in [3.8, 4) is 0 Å². The molecule has 0 spiro atoms. The van der Waals surface area contributed by atoms with Crippen molar-refractivity contribution in [2.75, 3.05) is 6.54 Å². The van der Waals surface area contributed by atoms with Crippen molar-refractivity contribution in [2.24, 2.45) is 0 Å². The van der Waals surface area contributed by atoms with Gasteiger partial charge in [0.25, 0.3) is 0 Å². The Bertz CT molecular complexity index is 418. The van der Waals surface area contributed by atoms with E-state index in [2.05, 4.69) is 5.32 Å². The van der Waals surface area contributed by atoms with Crippen LogP contribution in [0.25, 0.3) is 0 Å². The minimum absolute atomic E-state index is 0.0185. The van der Waals surface area contributed by atoms with Gasteiger partial charge >= 0.3 is 6.18 Å². The zero-order valence-corrected chi connectivity index (χ0v) is 9.05. The Morgan fingerprint density at radius 2 is 2.06 bits per heavy atom. The number of nitrogens with one attached hydrogen (secondary N) is 1. The first kappa shape index (κ1) is 12.0. The molecule has 1 saturated heterocycles. The molecule has 0 aliphatic carbocycles. The summed E-state index contributed by atoms with van der Waals surface area (Å²) in [5.41, 5.74) is 0.00623. The van der Waals surface area contributed by atoms with E-state index >= 15 is 0 Å². The van der Waals surface area contributed by atoms with Crippen LogP contribution in [-0.2, 0) is 11.0 Å². The quantitative estimate of drug-likeness (QED) is 0.807. The van der Waals surface area contributed by atoms with Gasteiger partial charge in [-0.3, -0.25) is 4.79 Å². The minimum atomic E-state index is -4.31.